The summed E-state index contributed by atoms with van der Waals surface area (Å²) in [6, 6.07) is -1.21. The highest BCUT2D eigenvalue weighted by Crippen LogP contribution is 2.36. The van der Waals surface area contributed by atoms with Crippen LogP contribution in [0.2, 0.25) is 0 Å². The molecule has 3 atom stereocenters. The first kappa shape index (κ1) is 11.6. The van der Waals surface area contributed by atoms with Gasteiger partial charge in [0.1, 0.15) is 6.04 Å². The van der Waals surface area contributed by atoms with Gasteiger partial charge in [0.15, 0.2) is 0 Å². The van der Waals surface area contributed by atoms with Gasteiger partial charge in [0.05, 0.1) is 11.8 Å². The normalized spacial score (nSPS) is 21.0. The minimum atomic E-state index is -3.88. The van der Waals surface area contributed by atoms with Gasteiger partial charge >= 0.3 is 0 Å². The van der Waals surface area contributed by atoms with Gasteiger partial charge < -0.3 is 30.2 Å². The smallest absolute Gasteiger partial charge is 0.127 e. The Kier molecular flexibility index (Phi) is 3.86. The monoisotopic (exact) mass is 196 g/mol. The summed E-state index contributed by atoms with van der Waals surface area (Å²) in [6.07, 6.45) is -0.431. The Labute approximate surface area is 69.5 Å². The van der Waals surface area contributed by atoms with Crippen molar-refractivity contribution in [1.82, 2.24) is 0 Å². The molecule has 0 spiro atoms. The van der Waals surface area contributed by atoms with E-state index in [1.165, 1.54) is 0 Å². The zero-order chi connectivity index (χ0) is 9.94. The van der Waals surface area contributed by atoms with Crippen LogP contribution in [0.1, 0.15) is 6.42 Å². The Morgan fingerprint density at radius 3 is 2.42 bits per heavy atom. The van der Waals surface area contributed by atoms with E-state index in [1.54, 1.807) is 0 Å². The number of aliphatic carboxylic acids is 1. The van der Waals surface area contributed by atoms with Gasteiger partial charge in [-0.2, -0.15) is 0 Å². The van der Waals surface area contributed by atoms with Crippen LogP contribution < -0.4 is 15.7 Å². The molecular weight excluding hydrogens is 185 g/mol. The van der Waals surface area contributed by atoms with Crippen molar-refractivity contribution >= 4 is 13.3 Å². The number of carbonyl (C=O) groups excluding carboxylic acids is 1. The van der Waals surface area contributed by atoms with Crippen molar-refractivity contribution in [2.24, 2.45) is 0 Å². The average Bonchev–Trinajstić information content (AvgIpc) is 1.85. The Morgan fingerprint density at radius 1 is 1.75 bits per heavy atom. The van der Waals surface area contributed by atoms with Crippen molar-refractivity contribution in [3.8, 4) is 0 Å². The summed E-state index contributed by atoms with van der Waals surface area (Å²) in [5, 5.41) is 19.0. The lowest BCUT2D eigenvalue weighted by Crippen LogP contribution is -2.69. The van der Waals surface area contributed by atoms with Crippen molar-refractivity contribution in [3.63, 3.8) is 0 Å². The van der Waals surface area contributed by atoms with Crippen LogP contribution in [-0.4, -0.2) is 29.6 Å². The minimum Gasteiger partial charge on any atom is -0.798 e. The second-order valence-electron chi connectivity index (χ2n) is 2.64. The molecule has 7 heteroatoms. The molecule has 0 aromatic carbocycles. The van der Waals surface area contributed by atoms with E-state index in [9.17, 15) is 19.4 Å². The quantitative estimate of drug-likeness (QED) is 0.447. The van der Waals surface area contributed by atoms with E-state index in [4.69, 9.17) is 5.11 Å². The summed E-state index contributed by atoms with van der Waals surface area (Å²) in [6.45, 7) is 0.847. The molecule has 0 aromatic rings. The summed E-state index contributed by atoms with van der Waals surface area (Å²) in [7, 11) is -3.88. The van der Waals surface area contributed by atoms with Gasteiger partial charge in [0.2, 0.25) is 0 Å². The number of aliphatic hydroxyl groups is 1. The minimum absolute atomic E-state index is 0.431. The van der Waals surface area contributed by atoms with Gasteiger partial charge in [0.25, 0.3) is 0 Å². The van der Waals surface area contributed by atoms with Crippen molar-refractivity contribution in [3.05, 3.63) is 0 Å². The second-order valence-corrected chi connectivity index (χ2v) is 5.05. The van der Waals surface area contributed by atoms with Crippen molar-refractivity contribution < 1.29 is 30.2 Å². The van der Waals surface area contributed by atoms with E-state index in [0.717, 1.165) is 6.66 Å². The first-order chi connectivity index (χ1) is 5.25. The maximum absolute atomic E-state index is 10.6. The van der Waals surface area contributed by atoms with Crippen molar-refractivity contribution in [2.75, 3.05) is 6.66 Å². The van der Waals surface area contributed by atoms with Crippen LogP contribution in [0.5, 0.6) is 0 Å². The number of aliphatic hydroxyl groups excluding tert-OH is 1. The highest BCUT2D eigenvalue weighted by Gasteiger charge is 2.20. The van der Waals surface area contributed by atoms with Crippen LogP contribution in [0.3, 0.4) is 0 Å². The third-order valence-corrected chi connectivity index (χ3v) is 2.66. The third kappa shape index (κ3) is 3.82. The molecule has 0 bridgehead atoms. The van der Waals surface area contributed by atoms with Gasteiger partial charge in [-0.3, -0.25) is 0 Å². The Hall–Kier alpha value is -0.420. The van der Waals surface area contributed by atoms with Gasteiger partial charge in [-0.15, -0.1) is 0 Å². The van der Waals surface area contributed by atoms with Gasteiger partial charge in [-0.25, -0.2) is 0 Å². The molecule has 0 saturated carbocycles. The molecule has 4 N–H and O–H groups in total. The molecule has 3 unspecified atom stereocenters. The molecule has 6 nitrogen and oxygen atoms in total. The largest absolute Gasteiger partial charge is 0.798 e. The highest BCUT2D eigenvalue weighted by molar-refractivity contribution is 7.56. The fourth-order valence-corrected chi connectivity index (χ4v) is 1.18. The zero-order valence-corrected chi connectivity index (χ0v) is 7.49. The fraction of sp³-hybridized carbons (Fsp3) is 0.800. The van der Waals surface area contributed by atoms with Crippen LogP contribution in [0, 0.1) is 0 Å². The van der Waals surface area contributed by atoms with E-state index in [2.05, 4.69) is 5.73 Å². The number of carbonyl (C=O) groups is 1. The number of hydrogen-bond donors (Lipinski definition) is 2. The molecule has 0 rings (SSSR count). The van der Waals surface area contributed by atoms with Gasteiger partial charge in [-0.1, -0.05) is 0 Å². The zero-order valence-electron chi connectivity index (χ0n) is 6.60. The molecule has 0 heterocycles. The van der Waals surface area contributed by atoms with E-state index >= 15 is 0 Å². The molecule has 12 heavy (non-hydrogen) atoms. The summed E-state index contributed by atoms with van der Waals surface area (Å²) in [5.74, 6) is -3.12. The molecule has 0 fully saturated rings. The van der Waals surface area contributed by atoms with Crippen LogP contribution in [0.25, 0.3) is 0 Å². The maximum atomic E-state index is 10.6. The Morgan fingerprint density at radius 2 is 2.17 bits per heavy atom. The number of carboxylic acid groups (broad SMARTS) is 1. The number of quaternary nitrogens is 1. The summed E-state index contributed by atoms with van der Waals surface area (Å²) in [5.41, 5.74) is 3.11. The molecule has 72 valence electrons. The Bertz CT molecular complexity index is 212. The molecule has 0 aliphatic rings. The molecule has 0 amide bonds. The average molecular weight is 196 g/mol. The number of carboxylic acids is 1. The lowest BCUT2D eigenvalue weighted by Gasteiger charge is -2.25. The predicted molar refractivity (Wildman–Crippen MR) is 35.8 cm³/mol. The molecule has 0 aromatic heterocycles. The number of hydrogen-bond acceptors (Lipinski definition) is 5. The fourth-order valence-electron chi connectivity index (χ4n) is 0.542. The van der Waals surface area contributed by atoms with Crippen molar-refractivity contribution in [1.29, 1.82) is 0 Å². The molecule has 0 aliphatic heterocycles. The van der Waals surface area contributed by atoms with E-state index in [1.807, 2.05) is 0 Å². The summed E-state index contributed by atoms with van der Waals surface area (Å²) >= 11 is 0. The molecule has 0 aliphatic carbocycles. The van der Waals surface area contributed by atoms with E-state index in [-0.39, 0.29) is 0 Å². The SMILES string of the molecule is CP(=O)([O-])C(O)CC([NH3+])C(=O)[O-]. The molecule has 0 saturated heterocycles. The third-order valence-electron chi connectivity index (χ3n) is 1.37. The van der Waals surface area contributed by atoms with Gasteiger partial charge in [-0.05, 0) is 6.66 Å². The standard InChI is InChI=1S/C5H12NO5P/c1-12(10,11)4(7)2-3(6)5(8)9/h3-4,7H,2,6H2,1H3,(H,8,9)(H,10,11)/p-1. The van der Waals surface area contributed by atoms with Gasteiger partial charge in [0, 0.05) is 13.8 Å². The first-order valence-electron chi connectivity index (χ1n) is 3.25. The van der Waals surface area contributed by atoms with Crippen LogP contribution in [-0.2, 0) is 9.36 Å². The summed E-state index contributed by atoms with van der Waals surface area (Å²) in [4.78, 5) is 20.7. The topological polar surface area (TPSA) is 128 Å². The van der Waals surface area contributed by atoms with Crippen LogP contribution in [0.15, 0.2) is 0 Å². The first-order valence-corrected chi connectivity index (χ1v) is 5.39. The maximum Gasteiger partial charge on any atom is 0.127 e. The van der Waals surface area contributed by atoms with Crippen LogP contribution in [0.4, 0.5) is 0 Å². The summed E-state index contributed by atoms with van der Waals surface area (Å²) < 4.78 is 10.6. The number of rotatable bonds is 4. The lowest BCUT2D eigenvalue weighted by atomic mass is 10.2. The molecular formula is C5H11NO5P-. The van der Waals surface area contributed by atoms with Crippen molar-refractivity contribution in [2.45, 2.75) is 18.3 Å². The lowest BCUT2D eigenvalue weighted by molar-refractivity contribution is -0.440. The second kappa shape index (κ2) is 4.00. The Balaban J connectivity index is 4.11. The van der Waals surface area contributed by atoms with Crippen LogP contribution >= 0.6 is 7.37 Å². The molecule has 0 radical (unpaired) electrons. The van der Waals surface area contributed by atoms with E-state index in [0.29, 0.717) is 0 Å². The van der Waals surface area contributed by atoms with E-state index < -0.39 is 31.6 Å². The highest BCUT2D eigenvalue weighted by atomic mass is 31.2. The predicted octanol–water partition coefficient (Wildman–Crippen LogP) is -3.68.